The number of H-pyrrole nitrogens is 1. The van der Waals surface area contributed by atoms with Gasteiger partial charge in [-0.15, -0.1) is 0 Å². The van der Waals surface area contributed by atoms with Crippen molar-refractivity contribution in [3.05, 3.63) is 74.5 Å². The van der Waals surface area contributed by atoms with Crippen molar-refractivity contribution in [2.24, 2.45) is 4.99 Å². The third kappa shape index (κ3) is 3.91. The van der Waals surface area contributed by atoms with Crippen molar-refractivity contribution in [3.63, 3.8) is 0 Å². The van der Waals surface area contributed by atoms with E-state index >= 15 is 0 Å². The van der Waals surface area contributed by atoms with Crippen LogP contribution in [-0.4, -0.2) is 37.3 Å². The van der Waals surface area contributed by atoms with E-state index in [0.717, 1.165) is 29.6 Å². The lowest BCUT2D eigenvalue weighted by Crippen LogP contribution is -2.32. The van der Waals surface area contributed by atoms with Gasteiger partial charge in [-0.1, -0.05) is 30.7 Å². The molecule has 0 radical (unpaired) electrons. The van der Waals surface area contributed by atoms with Gasteiger partial charge in [0.25, 0.3) is 11.1 Å². The zero-order valence-electron chi connectivity index (χ0n) is 19.4. The molecule has 1 saturated heterocycles. The number of aromatic amines is 1. The fourth-order valence-corrected chi connectivity index (χ4v) is 5.06. The Labute approximate surface area is 205 Å². The predicted molar refractivity (Wildman–Crippen MR) is 139 cm³/mol. The number of rotatable bonds is 5. The maximum atomic E-state index is 13.9. The van der Waals surface area contributed by atoms with Gasteiger partial charge in [0.05, 0.1) is 22.8 Å². The van der Waals surface area contributed by atoms with Crippen molar-refractivity contribution >= 4 is 51.1 Å². The molecule has 178 valence electrons. The highest BCUT2D eigenvalue weighted by molar-refractivity contribution is 6.35. The summed E-state index contributed by atoms with van der Waals surface area (Å²) in [6.07, 6.45) is 8.40. The van der Waals surface area contributed by atoms with Crippen LogP contribution in [0.2, 0.25) is 5.02 Å². The van der Waals surface area contributed by atoms with E-state index in [1.807, 2.05) is 32.0 Å². The summed E-state index contributed by atoms with van der Waals surface area (Å²) >= 11 is 6.47. The lowest BCUT2D eigenvalue weighted by atomic mass is 10.0. The molecular formula is C25H24ClN7O2. The molecular weight excluding hydrogens is 466 g/mol. The number of aromatic nitrogens is 5. The quantitative estimate of drug-likeness (QED) is 0.418. The van der Waals surface area contributed by atoms with E-state index in [4.69, 9.17) is 11.6 Å². The number of pyridine rings is 1. The zero-order chi connectivity index (χ0) is 24.5. The van der Waals surface area contributed by atoms with Crippen molar-refractivity contribution in [2.75, 3.05) is 11.4 Å². The molecule has 1 aliphatic rings. The Morgan fingerprint density at radius 2 is 2.11 bits per heavy atom. The van der Waals surface area contributed by atoms with Gasteiger partial charge in [0, 0.05) is 30.4 Å². The van der Waals surface area contributed by atoms with Crippen molar-refractivity contribution in [3.8, 4) is 0 Å². The molecule has 0 aliphatic carbocycles. The third-order valence-corrected chi connectivity index (χ3v) is 6.65. The van der Waals surface area contributed by atoms with E-state index in [0.29, 0.717) is 40.2 Å². The normalized spacial score (nSPS) is 16.7. The minimum absolute atomic E-state index is 0.193. The molecule has 1 aliphatic heterocycles. The second-order valence-corrected chi connectivity index (χ2v) is 8.68. The number of benzene rings is 1. The Hall–Kier alpha value is -3.85. The average Bonchev–Trinajstić information content (AvgIpc) is 3.35. The first kappa shape index (κ1) is 22.9. The fraction of sp³-hybridized carbons (Fsp3) is 0.280. The number of hydrogen-bond donors (Lipinski definition) is 1. The summed E-state index contributed by atoms with van der Waals surface area (Å²) in [5.41, 5.74) is 1.39. The molecule has 0 saturated carbocycles. The summed E-state index contributed by atoms with van der Waals surface area (Å²) in [6.45, 7) is 4.49. The molecule has 4 aromatic rings. The Morgan fingerprint density at radius 1 is 1.26 bits per heavy atom. The van der Waals surface area contributed by atoms with Gasteiger partial charge in [-0.2, -0.15) is 4.98 Å². The van der Waals surface area contributed by atoms with Crippen LogP contribution in [0.15, 0.2) is 57.7 Å². The lowest BCUT2D eigenvalue weighted by molar-refractivity contribution is 0.661. The first-order chi connectivity index (χ1) is 17.0. The Kier molecular flexibility index (Phi) is 6.17. The van der Waals surface area contributed by atoms with Crippen LogP contribution in [0.1, 0.15) is 44.8 Å². The van der Waals surface area contributed by atoms with E-state index in [1.165, 1.54) is 12.7 Å². The molecule has 10 heteroatoms. The minimum Gasteiger partial charge on any atom is -0.347 e. The number of anilines is 1. The molecule has 4 heterocycles. The van der Waals surface area contributed by atoms with Crippen LogP contribution in [-0.2, 0) is 0 Å². The molecule has 1 fully saturated rings. The minimum atomic E-state index is -0.394. The molecule has 1 aromatic carbocycles. The molecule has 1 N–H and O–H groups in total. The molecule has 1 atom stereocenters. The number of nitrogens with one attached hydrogen (secondary N) is 1. The second kappa shape index (κ2) is 9.42. The van der Waals surface area contributed by atoms with Gasteiger partial charge >= 0.3 is 0 Å². The maximum absolute atomic E-state index is 13.9. The summed E-state index contributed by atoms with van der Waals surface area (Å²) in [4.78, 5) is 48.4. The third-order valence-electron chi connectivity index (χ3n) is 6.34. The first-order valence-electron chi connectivity index (χ1n) is 11.5. The molecule has 0 bridgehead atoms. The van der Waals surface area contributed by atoms with Crippen LogP contribution >= 0.6 is 11.6 Å². The number of allylic oxidation sites excluding steroid dienone is 1. The second-order valence-electron chi connectivity index (χ2n) is 8.28. The SMILES string of the molecule is C/C=N\C=C(/CC)n1c([C@@H]2CCCN2c2ncnc3[nH]cnc(=O)c23)cc2cccc(Cl)c2c1=O. The van der Waals surface area contributed by atoms with E-state index < -0.39 is 5.56 Å². The van der Waals surface area contributed by atoms with Crippen LogP contribution < -0.4 is 16.0 Å². The Bertz CT molecular complexity index is 1600. The van der Waals surface area contributed by atoms with Crippen molar-refractivity contribution in [1.82, 2.24) is 24.5 Å². The molecule has 35 heavy (non-hydrogen) atoms. The van der Waals surface area contributed by atoms with E-state index in [1.54, 1.807) is 23.0 Å². The number of nitrogens with zero attached hydrogens (tertiary/aromatic N) is 6. The zero-order valence-corrected chi connectivity index (χ0v) is 20.2. The molecule has 0 spiro atoms. The van der Waals surface area contributed by atoms with E-state index in [9.17, 15) is 9.59 Å². The summed E-state index contributed by atoms with van der Waals surface area (Å²) in [6, 6.07) is 7.26. The van der Waals surface area contributed by atoms with Gasteiger partial charge in [-0.25, -0.2) is 9.97 Å². The first-order valence-corrected chi connectivity index (χ1v) is 11.9. The molecule has 3 aromatic heterocycles. The average molecular weight is 490 g/mol. The maximum Gasteiger partial charge on any atom is 0.285 e. The largest absolute Gasteiger partial charge is 0.347 e. The monoisotopic (exact) mass is 489 g/mol. The van der Waals surface area contributed by atoms with E-state index in [-0.39, 0.29) is 11.6 Å². The van der Waals surface area contributed by atoms with Gasteiger partial charge in [0.1, 0.15) is 23.2 Å². The molecule has 9 nitrogen and oxygen atoms in total. The van der Waals surface area contributed by atoms with Crippen LogP contribution in [0.5, 0.6) is 0 Å². The number of aliphatic imine (C=N–C) groups is 1. The van der Waals surface area contributed by atoms with Crippen LogP contribution in [0, 0.1) is 0 Å². The number of halogens is 1. The smallest absolute Gasteiger partial charge is 0.285 e. The highest BCUT2D eigenvalue weighted by Crippen LogP contribution is 2.38. The molecule has 5 rings (SSSR count). The fourth-order valence-electron chi connectivity index (χ4n) is 4.79. The van der Waals surface area contributed by atoms with Gasteiger partial charge < -0.3 is 9.88 Å². The van der Waals surface area contributed by atoms with Gasteiger partial charge in [0.2, 0.25) is 0 Å². The lowest BCUT2D eigenvalue weighted by Gasteiger charge is -2.29. The molecule has 0 unspecified atom stereocenters. The van der Waals surface area contributed by atoms with Crippen molar-refractivity contribution in [2.45, 2.75) is 39.2 Å². The Morgan fingerprint density at radius 3 is 2.91 bits per heavy atom. The standard InChI is InChI=1S/C25H24ClN7O2/c1-3-16(12-27-4-2)33-19(11-15-7-5-8-17(26)20(15)25(33)35)18-9-6-10-32(18)23-21-22(28-13-30-23)29-14-31-24(21)34/h4-5,7-8,11-14,18H,3,6,9-10H2,1-2H3,(H,28,29,30,31,34)/b16-12+,27-4-/t18-/m0/s1. The van der Waals surface area contributed by atoms with Crippen LogP contribution in [0.25, 0.3) is 27.5 Å². The highest BCUT2D eigenvalue weighted by atomic mass is 35.5. The van der Waals surface area contributed by atoms with Crippen molar-refractivity contribution < 1.29 is 0 Å². The van der Waals surface area contributed by atoms with Crippen LogP contribution in [0.4, 0.5) is 5.82 Å². The predicted octanol–water partition coefficient (Wildman–Crippen LogP) is 4.32. The summed E-state index contributed by atoms with van der Waals surface area (Å²) in [7, 11) is 0. The van der Waals surface area contributed by atoms with Gasteiger partial charge in [0.15, 0.2) is 0 Å². The summed E-state index contributed by atoms with van der Waals surface area (Å²) in [5, 5.41) is 1.98. The highest BCUT2D eigenvalue weighted by Gasteiger charge is 2.32. The summed E-state index contributed by atoms with van der Waals surface area (Å²) < 4.78 is 1.72. The van der Waals surface area contributed by atoms with Gasteiger partial charge in [-0.05, 0) is 43.7 Å². The molecule has 0 amide bonds. The topological polar surface area (TPSA) is 109 Å². The summed E-state index contributed by atoms with van der Waals surface area (Å²) in [5.74, 6) is 0.505. The van der Waals surface area contributed by atoms with Crippen LogP contribution in [0.3, 0.4) is 0 Å². The van der Waals surface area contributed by atoms with Crippen molar-refractivity contribution in [1.29, 1.82) is 0 Å². The Balaban J connectivity index is 1.79. The number of hydrogen-bond acceptors (Lipinski definition) is 7. The van der Waals surface area contributed by atoms with Gasteiger partial charge in [-0.3, -0.25) is 19.1 Å². The number of fused-ring (bicyclic) bond motifs is 2. The van der Waals surface area contributed by atoms with E-state index in [2.05, 4.69) is 29.8 Å².